The smallest absolute Gasteiger partial charge is 0.119 e. The van der Waals surface area contributed by atoms with Gasteiger partial charge in [-0.15, -0.1) is 0 Å². The van der Waals surface area contributed by atoms with E-state index in [1.807, 2.05) is 0 Å². The third-order valence-corrected chi connectivity index (χ3v) is 3.94. The zero-order chi connectivity index (χ0) is 12.8. The van der Waals surface area contributed by atoms with Crippen LogP contribution in [-0.2, 0) is 0 Å². The van der Waals surface area contributed by atoms with Gasteiger partial charge in [-0.1, -0.05) is 29.8 Å². The molecule has 17 heavy (non-hydrogen) atoms. The van der Waals surface area contributed by atoms with Crippen molar-refractivity contribution >= 4 is 15.9 Å². The zero-order valence-electron chi connectivity index (χ0n) is 11.1. The molecule has 96 valence electrons. The minimum atomic E-state index is 0.527. The highest BCUT2D eigenvalue weighted by Gasteiger charge is 2.05. The standard InChI is InChI=1S/C14H22BrNO/c1-5-16-8-10(2)9-17-13-6-11(3)14(15)12(4)7-13/h6-7,10,16H,5,8-9H2,1-4H3. The molecule has 0 radical (unpaired) electrons. The van der Waals surface area contributed by atoms with Crippen LogP contribution in [0.5, 0.6) is 5.75 Å². The molecule has 1 aromatic rings. The van der Waals surface area contributed by atoms with Crippen molar-refractivity contribution < 1.29 is 4.74 Å². The molecule has 0 spiro atoms. The molecule has 2 nitrogen and oxygen atoms in total. The lowest BCUT2D eigenvalue weighted by Crippen LogP contribution is -2.24. The van der Waals surface area contributed by atoms with E-state index in [-0.39, 0.29) is 0 Å². The van der Waals surface area contributed by atoms with Crippen molar-refractivity contribution in [2.24, 2.45) is 5.92 Å². The molecule has 0 aromatic heterocycles. The van der Waals surface area contributed by atoms with Gasteiger partial charge in [0.05, 0.1) is 6.61 Å². The van der Waals surface area contributed by atoms with Crippen LogP contribution < -0.4 is 10.1 Å². The fraction of sp³-hybridized carbons (Fsp3) is 0.571. The molecule has 0 aliphatic carbocycles. The van der Waals surface area contributed by atoms with Gasteiger partial charge in [-0.05, 0) is 43.7 Å². The summed E-state index contributed by atoms with van der Waals surface area (Å²) in [6, 6.07) is 4.16. The molecule has 1 N–H and O–H groups in total. The van der Waals surface area contributed by atoms with Crippen LogP contribution in [0.4, 0.5) is 0 Å². The van der Waals surface area contributed by atoms with Crippen LogP contribution in [0.3, 0.4) is 0 Å². The first kappa shape index (κ1) is 14.5. The first-order valence-electron chi connectivity index (χ1n) is 6.14. The van der Waals surface area contributed by atoms with Crippen molar-refractivity contribution in [1.82, 2.24) is 5.32 Å². The lowest BCUT2D eigenvalue weighted by Gasteiger charge is -2.15. The average molecular weight is 300 g/mol. The molecule has 1 aromatic carbocycles. The fourth-order valence-corrected chi connectivity index (χ4v) is 1.91. The number of nitrogens with one attached hydrogen (secondary N) is 1. The summed E-state index contributed by atoms with van der Waals surface area (Å²) in [5.74, 6) is 1.49. The van der Waals surface area contributed by atoms with Gasteiger partial charge in [0, 0.05) is 16.9 Å². The zero-order valence-corrected chi connectivity index (χ0v) is 12.7. The van der Waals surface area contributed by atoms with Gasteiger partial charge in [0.25, 0.3) is 0 Å². The van der Waals surface area contributed by atoms with E-state index in [1.54, 1.807) is 0 Å². The summed E-state index contributed by atoms with van der Waals surface area (Å²) >= 11 is 3.56. The number of ether oxygens (including phenoxy) is 1. The highest BCUT2D eigenvalue weighted by molar-refractivity contribution is 9.10. The summed E-state index contributed by atoms with van der Waals surface area (Å²) in [4.78, 5) is 0. The van der Waals surface area contributed by atoms with Crippen LogP contribution in [0.25, 0.3) is 0 Å². The van der Waals surface area contributed by atoms with Gasteiger partial charge in [-0.3, -0.25) is 0 Å². The van der Waals surface area contributed by atoms with Crippen LogP contribution in [0, 0.1) is 19.8 Å². The minimum absolute atomic E-state index is 0.527. The number of aryl methyl sites for hydroxylation is 2. The van der Waals surface area contributed by atoms with E-state index in [0.29, 0.717) is 5.92 Å². The van der Waals surface area contributed by atoms with Gasteiger partial charge in [0.15, 0.2) is 0 Å². The van der Waals surface area contributed by atoms with E-state index >= 15 is 0 Å². The second kappa shape index (κ2) is 7.02. The summed E-state index contributed by atoms with van der Waals surface area (Å²) in [5, 5.41) is 3.33. The number of benzene rings is 1. The molecule has 1 atom stereocenters. The molecule has 0 aliphatic heterocycles. The van der Waals surface area contributed by atoms with Gasteiger partial charge >= 0.3 is 0 Å². The quantitative estimate of drug-likeness (QED) is 0.865. The van der Waals surface area contributed by atoms with E-state index in [4.69, 9.17) is 4.74 Å². The van der Waals surface area contributed by atoms with E-state index < -0.39 is 0 Å². The second-order valence-corrected chi connectivity index (χ2v) is 5.39. The summed E-state index contributed by atoms with van der Waals surface area (Å²) in [6.07, 6.45) is 0. The maximum Gasteiger partial charge on any atom is 0.119 e. The van der Waals surface area contributed by atoms with Gasteiger partial charge in [-0.2, -0.15) is 0 Å². The van der Waals surface area contributed by atoms with Crippen molar-refractivity contribution in [3.05, 3.63) is 27.7 Å². The van der Waals surface area contributed by atoms with Gasteiger partial charge < -0.3 is 10.1 Å². The summed E-state index contributed by atoms with van der Waals surface area (Å²) < 4.78 is 6.99. The molecule has 0 saturated carbocycles. The Hall–Kier alpha value is -0.540. The minimum Gasteiger partial charge on any atom is -0.493 e. The monoisotopic (exact) mass is 299 g/mol. The van der Waals surface area contributed by atoms with Crippen LogP contribution in [-0.4, -0.2) is 19.7 Å². The Balaban J connectivity index is 2.52. The van der Waals surface area contributed by atoms with Crippen LogP contribution >= 0.6 is 15.9 Å². The third kappa shape index (κ3) is 4.68. The van der Waals surface area contributed by atoms with Crippen molar-refractivity contribution in [2.75, 3.05) is 19.7 Å². The summed E-state index contributed by atoms with van der Waals surface area (Å²) in [7, 11) is 0. The molecular formula is C14H22BrNO. The average Bonchev–Trinajstić information content (AvgIpc) is 2.30. The van der Waals surface area contributed by atoms with Crippen LogP contribution in [0.2, 0.25) is 0 Å². The third-order valence-electron chi connectivity index (χ3n) is 2.69. The molecule has 0 aliphatic rings. The van der Waals surface area contributed by atoms with Gasteiger partial charge in [-0.25, -0.2) is 0 Å². The van der Waals surface area contributed by atoms with E-state index in [2.05, 4.69) is 61.1 Å². The molecular weight excluding hydrogens is 278 g/mol. The van der Waals surface area contributed by atoms with Crippen molar-refractivity contribution in [3.8, 4) is 5.75 Å². The summed E-state index contributed by atoms with van der Waals surface area (Å²) in [6.45, 7) is 11.3. The topological polar surface area (TPSA) is 21.3 Å². The van der Waals surface area contributed by atoms with Crippen molar-refractivity contribution in [2.45, 2.75) is 27.7 Å². The molecule has 3 heteroatoms. The summed E-state index contributed by atoms with van der Waals surface area (Å²) in [5.41, 5.74) is 2.44. The van der Waals surface area contributed by atoms with Gasteiger partial charge in [0.2, 0.25) is 0 Å². The number of halogens is 1. The van der Waals surface area contributed by atoms with Crippen LogP contribution in [0.1, 0.15) is 25.0 Å². The Bertz CT molecular complexity index is 342. The maximum atomic E-state index is 5.82. The number of hydrogen-bond donors (Lipinski definition) is 1. The Morgan fingerprint density at radius 1 is 1.29 bits per heavy atom. The molecule has 0 heterocycles. The predicted molar refractivity (Wildman–Crippen MR) is 76.8 cm³/mol. The molecule has 0 fully saturated rings. The lowest BCUT2D eigenvalue weighted by molar-refractivity contribution is 0.256. The number of rotatable bonds is 6. The first-order chi connectivity index (χ1) is 8.04. The predicted octanol–water partition coefficient (Wildman–Crippen LogP) is 3.69. The van der Waals surface area contributed by atoms with E-state index in [0.717, 1.165) is 25.4 Å². The highest BCUT2D eigenvalue weighted by Crippen LogP contribution is 2.26. The SMILES string of the molecule is CCNCC(C)COc1cc(C)c(Br)c(C)c1. The fourth-order valence-electron chi connectivity index (χ4n) is 1.68. The highest BCUT2D eigenvalue weighted by atomic mass is 79.9. The van der Waals surface area contributed by atoms with Crippen molar-refractivity contribution in [3.63, 3.8) is 0 Å². The van der Waals surface area contributed by atoms with Crippen LogP contribution in [0.15, 0.2) is 16.6 Å². The number of hydrogen-bond acceptors (Lipinski definition) is 2. The first-order valence-corrected chi connectivity index (χ1v) is 6.94. The molecule has 0 bridgehead atoms. The van der Waals surface area contributed by atoms with E-state index in [9.17, 15) is 0 Å². The van der Waals surface area contributed by atoms with E-state index in [1.165, 1.54) is 15.6 Å². The molecule has 1 unspecified atom stereocenters. The van der Waals surface area contributed by atoms with Crippen molar-refractivity contribution in [1.29, 1.82) is 0 Å². The van der Waals surface area contributed by atoms with Gasteiger partial charge in [0.1, 0.15) is 5.75 Å². The Morgan fingerprint density at radius 3 is 2.41 bits per heavy atom. The normalized spacial score (nSPS) is 12.5. The second-order valence-electron chi connectivity index (χ2n) is 4.59. The lowest BCUT2D eigenvalue weighted by atomic mass is 10.1. The molecule has 1 rings (SSSR count). The Labute approximate surface area is 113 Å². The largest absolute Gasteiger partial charge is 0.493 e. The Kier molecular flexibility index (Phi) is 6.00. The maximum absolute atomic E-state index is 5.82. The Morgan fingerprint density at radius 2 is 1.88 bits per heavy atom. The molecule has 0 amide bonds. The molecule has 0 saturated heterocycles.